The van der Waals surface area contributed by atoms with Gasteiger partial charge < -0.3 is 15.4 Å². The van der Waals surface area contributed by atoms with Gasteiger partial charge in [-0.2, -0.15) is 5.10 Å². The van der Waals surface area contributed by atoms with Crippen molar-refractivity contribution in [2.75, 3.05) is 11.9 Å². The third-order valence-electron chi connectivity index (χ3n) is 4.27. The SMILES string of the molecule is CCc1nn(C)cc1NC(=O)N[C@H](c1ccccc1)[C@@H]1CCCO1. The third kappa shape index (κ3) is 3.76. The Bertz CT molecular complexity index is 678. The van der Waals surface area contributed by atoms with Gasteiger partial charge in [0.25, 0.3) is 0 Å². The van der Waals surface area contributed by atoms with Crippen LogP contribution in [0.2, 0.25) is 0 Å². The zero-order valence-corrected chi connectivity index (χ0v) is 14.2. The molecule has 0 aliphatic carbocycles. The molecule has 2 atom stereocenters. The molecule has 6 heteroatoms. The van der Waals surface area contributed by atoms with Gasteiger partial charge in [-0.3, -0.25) is 4.68 Å². The molecule has 6 nitrogen and oxygen atoms in total. The first-order valence-corrected chi connectivity index (χ1v) is 8.44. The largest absolute Gasteiger partial charge is 0.376 e. The summed E-state index contributed by atoms with van der Waals surface area (Å²) in [5.41, 5.74) is 2.68. The fraction of sp³-hybridized carbons (Fsp3) is 0.444. The van der Waals surface area contributed by atoms with Crippen molar-refractivity contribution < 1.29 is 9.53 Å². The molecule has 0 spiro atoms. The van der Waals surface area contributed by atoms with Gasteiger partial charge in [0.15, 0.2) is 0 Å². The second-order valence-electron chi connectivity index (χ2n) is 6.05. The number of ether oxygens (including phenoxy) is 1. The van der Waals surface area contributed by atoms with Crippen LogP contribution in [0.3, 0.4) is 0 Å². The summed E-state index contributed by atoms with van der Waals surface area (Å²) in [5, 5.41) is 10.3. The van der Waals surface area contributed by atoms with Crippen molar-refractivity contribution >= 4 is 11.7 Å². The molecule has 24 heavy (non-hydrogen) atoms. The first-order valence-electron chi connectivity index (χ1n) is 8.44. The quantitative estimate of drug-likeness (QED) is 0.886. The van der Waals surface area contributed by atoms with E-state index in [0.717, 1.165) is 42.8 Å². The molecule has 1 aromatic carbocycles. The topological polar surface area (TPSA) is 68.2 Å². The molecule has 1 saturated heterocycles. The van der Waals surface area contributed by atoms with Crippen LogP contribution in [-0.2, 0) is 18.2 Å². The lowest BCUT2D eigenvalue weighted by molar-refractivity contribution is 0.0815. The maximum absolute atomic E-state index is 12.5. The fourth-order valence-corrected chi connectivity index (χ4v) is 3.12. The Labute approximate surface area is 142 Å². The number of amides is 2. The summed E-state index contributed by atoms with van der Waals surface area (Å²) in [6, 6.07) is 9.58. The fourth-order valence-electron chi connectivity index (χ4n) is 3.12. The molecule has 2 heterocycles. The van der Waals surface area contributed by atoms with Crippen LogP contribution in [0.4, 0.5) is 10.5 Å². The van der Waals surface area contributed by atoms with Crippen LogP contribution in [0.15, 0.2) is 36.5 Å². The Kier molecular flexibility index (Phi) is 5.15. The first kappa shape index (κ1) is 16.5. The van der Waals surface area contributed by atoms with Gasteiger partial charge in [0.05, 0.1) is 23.5 Å². The first-order chi connectivity index (χ1) is 11.7. The van der Waals surface area contributed by atoms with E-state index in [9.17, 15) is 4.79 Å². The number of aryl methyl sites for hydroxylation is 2. The third-order valence-corrected chi connectivity index (χ3v) is 4.27. The van der Waals surface area contributed by atoms with E-state index in [1.165, 1.54) is 0 Å². The molecule has 1 aliphatic rings. The van der Waals surface area contributed by atoms with Crippen LogP contribution in [0.5, 0.6) is 0 Å². The summed E-state index contributed by atoms with van der Waals surface area (Å²) < 4.78 is 7.52. The van der Waals surface area contributed by atoms with E-state index in [4.69, 9.17) is 4.74 Å². The van der Waals surface area contributed by atoms with Crippen LogP contribution >= 0.6 is 0 Å². The van der Waals surface area contributed by atoms with E-state index < -0.39 is 0 Å². The summed E-state index contributed by atoms with van der Waals surface area (Å²) >= 11 is 0. The zero-order chi connectivity index (χ0) is 16.9. The van der Waals surface area contributed by atoms with E-state index in [2.05, 4.69) is 15.7 Å². The van der Waals surface area contributed by atoms with Crippen molar-refractivity contribution in [3.63, 3.8) is 0 Å². The number of nitrogens with one attached hydrogen (secondary N) is 2. The Hall–Kier alpha value is -2.34. The number of nitrogens with zero attached hydrogens (tertiary/aromatic N) is 2. The number of carbonyl (C=O) groups excluding carboxylic acids is 1. The maximum atomic E-state index is 12.5. The lowest BCUT2D eigenvalue weighted by Crippen LogP contribution is -2.38. The Morgan fingerprint density at radius 3 is 2.88 bits per heavy atom. The van der Waals surface area contributed by atoms with E-state index in [1.807, 2.05) is 50.5 Å². The van der Waals surface area contributed by atoms with Crippen molar-refractivity contribution in [1.29, 1.82) is 0 Å². The van der Waals surface area contributed by atoms with Crippen molar-refractivity contribution in [2.24, 2.45) is 7.05 Å². The number of aromatic nitrogens is 2. The highest BCUT2D eigenvalue weighted by atomic mass is 16.5. The summed E-state index contributed by atoms with van der Waals surface area (Å²) in [5.74, 6) is 0. The van der Waals surface area contributed by atoms with Gasteiger partial charge in [-0.1, -0.05) is 37.3 Å². The molecule has 0 bridgehead atoms. The minimum absolute atomic E-state index is 0.0118. The van der Waals surface area contributed by atoms with Crippen LogP contribution in [0, 0.1) is 0 Å². The van der Waals surface area contributed by atoms with Gasteiger partial charge in [0, 0.05) is 19.9 Å². The van der Waals surface area contributed by atoms with Crippen LogP contribution in [0.25, 0.3) is 0 Å². The monoisotopic (exact) mass is 328 g/mol. The van der Waals surface area contributed by atoms with Crippen molar-refractivity contribution in [3.05, 3.63) is 47.8 Å². The van der Waals surface area contributed by atoms with E-state index >= 15 is 0 Å². The lowest BCUT2D eigenvalue weighted by Gasteiger charge is -2.24. The highest BCUT2D eigenvalue weighted by Crippen LogP contribution is 2.27. The summed E-state index contributed by atoms with van der Waals surface area (Å²) in [7, 11) is 1.85. The average molecular weight is 328 g/mol. The molecular weight excluding hydrogens is 304 g/mol. The molecule has 1 aliphatic heterocycles. The summed E-state index contributed by atoms with van der Waals surface area (Å²) in [4.78, 5) is 12.5. The second kappa shape index (κ2) is 7.49. The number of hydrogen-bond acceptors (Lipinski definition) is 3. The van der Waals surface area contributed by atoms with Gasteiger partial charge in [-0.05, 0) is 24.8 Å². The molecule has 0 radical (unpaired) electrons. The number of anilines is 1. The molecule has 2 amide bonds. The van der Waals surface area contributed by atoms with E-state index in [-0.39, 0.29) is 18.2 Å². The molecule has 2 aromatic rings. The smallest absolute Gasteiger partial charge is 0.319 e. The molecule has 1 aromatic heterocycles. The number of carbonyl (C=O) groups is 1. The number of urea groups is 1. The van der Waals surface area contributed by atoms with Crippen molar-refractivity contribution in [3.8, 4) is 0 Å². The molecule has 128 valence electrons. The molecule has 1 fully saturated rings. The summed E-state index contributed by atoms with van der Waals surface area (Å²) in [6.45, 7) is 2.77. The Balaban J connectivity index is 1.73. The lowest BCUT2D eigenvalue weighted by atomic mass is 9.99. The van der Waals surface area contributed by atoms with Gasteiger partial charge in [0.2, 0.25) is 0 Å². The van der Waals surface area contributed by atoms with Gasteiger partial charge in [0.1, 0.15) is 0 Å². The van der Waals surface area contributed by atoms with E-state index in [1.54, 1.807) is 4.68 Å². The Morgan fingerprint density at radius 2 is 2.21 bits per heavy atom. The molecular formula is C18H24N4O2. The zero-order valence-electron chi connectivity index (χ0n) is 14.2. The summed E-state index contributed by atoms with van der Waals surface area (Å²) in [6.07, 6.45) is 4.58. The minimum atomic E-state index is -0.234. The van der Waals surface area contributed by atoms with Crippen LogP contribution in [0.1, 0.15) is 37.1 Å². The highest BCUT2D eigenvalue weighted by molar-refractivity contribution is 5.90. The normalized spacial score (nSPS) is 18.3. The Morgan fingerprint density at radius 1 is 1.42 bits per heavy atom. The number of hydrogen-bond donors (Lipinski definition) is 2. The van der Waals surface area contributed by atoms with Crippen molar-refractivity contribution in [2.45, 2.75) is 38.3 Å². The van der Waals surface area contributed by atoms with Crippen LogP contribution in [-0.4, -0.2) is 28.5 Å². The molecule has 0 unspecified atom stereocenters. The molecule has 3 rings (SSSR count). The van der Waals surface area contributed by atoms with E-state index in [0.29, 0.717) is 0 Å². The standard InChI is InChI=1S/C18H24N4O2/c1-3-14-15(12-22(2)21-14)19-18(23)20-17(16-10-7-11-24-16)13-8-5-4-6-9-13/h4-6,8-9,12,16-17H,3,7,10-11H2,1-2H3,(H2,19,20,23)/t16-,17+/m0/s1. The molecule has 0 saturated carbocycles. The second-order valence-corrected chi connectivity index (χ2v) is 6.05. The number of rotatable bonds is 5. The molecule has 2 N–H and O–H groups in total. The predicted octanol–water partition coefficient (Wildman–Crippen LogP) is 3.02. The van der Waals surface area contributed by atoms with Gasteiger partial charge >= 0.3 is 6.03 Å². The van der Waals surface area contributed by atoms with Gasteiger partial charge in [-0.15, -0.1) is 0 Å². The van der Waals surface area contributed by atoms with Gasteiger partial charge in [-0.25, -0.2) is 4.79 Å². The highest BCUT2D eigenvalue weighted by Gasteiger charge is 2.28. The van der Waals surface area contributed by atoms with Crippen molar-refractivity contribution in [1.82, 2.24) is 15.1 Å². The predicted molar refractivity (Wildman–Crippen MR) is 92.9 cm³/mol. The number of benzene rings is 1. The maximum Gasteiger partial charge on any atom is 0.319 e. The average Bonchev–Trinajstić information content (AvgIpc) is 3.23. The van der Waals surface area contributed by atoms with Crippen LogP contribution < -0.4 is 10.6 Å². The minimum Gasteiger partial charge on any atom is -0.376 e.